The van der Waals surface area contributed by atoms with Crippen LogP contribution < -0.4 is 5.32 Å². The predicted octanol–water partition coefficient (Wildman–Crippen LogP) is 3.96. The molecular weight excluding hydrogens is 446 g/mol. The Balaban J connectivity index is 1.53. The van der Waals surface area contributed by atoms with E-state index in [0.29, 0.717) is 23.6 Å². The molecule has 4 rings (SSSR count). The van der Waals surface area contributed by atoms with E-state index in [1.807, 2.05) is 36.4 Å². The van der Waals surface area contributed by atoms with Crippen LogP contribution in [0, 0.1) is 0 Å². The average molecular weight is 474 g/mol. The Morgan fingerprint density at radius 1 is 1.14 bits per heavy atom. The van der Waals surface area contributed by atoms with Crippen LogP contribution in [-0.4, -0.2) is 34.3 Å². The van der Waals surface area contributed by atoms with Crippen molar-refractivity contribution in [1.29, 1.82) is 0 Å². The first-order chi connectivity index (χ1) is 17.0. The summed E-state index contributed by atoms with van der Waals surface area (Å²) in [5.74, 6) is -0.749. The summed E-state index contributed by atoms with van der Waals surface area (Å²) in [6, 6.07) is 16.4. The summed E-state index contributed by atoms with van der Waals surface area (Å²) in [5.41, 5.74) is 2.73. The van der Waals surface area contributed by atoms with Gasteiger partial charge in [0.05, 0.1) is 18.7 Å². The van der Waals surface area contributed by atoms with Crippen LogP contribution in [0.25, 0.3) is 0 Å². The van der Waals surface area contributed by atoms with Crippen molar-refractivity contribution in [3.8, 4) is 0 Å². The van der Waals surface area contributed by atoms with Crippen molar-refractivity contribution >= 4 is 17.8 Å². The monoisotopic (exact) mass is 473 g/mol. The van der Waals surface area contributed by atoms with E-state index >= 15 is 0 Å². The van der Waals surface area contributed by atoms with E-state index in [0.717, 1.165) is 11.1 Å². The third-order valence-corrected chi connectivity index (χ3v) is 5.90. The third-order valence-electron chi connectivity index (χ3n) is 5.90. The first-order valence-electron chi connectivity index (χ1n) is 11.5. The lowest BCUT2D eigenvalue weighted by molar-refractivity contribution is -0.140. The second-order valence-electron chi connectivity index (χ2n) is 8.18. The third kappa shape index (κ3) is 5.48. The number of hydrogen-bond donors (Lipinski definition) is 1. The summed E-state index contributed by atoms with van der Waals surface area (Å²) in [5, 5.41) is 2.79. The highest BCUT2D eigenvalue weighted by Gasteiger charge is 2.37. The normalized spacial score (nSPS) is 15.8. The Labute approximate surface area is 203 Å². The maximum Gasteiger partial charge on any atom is 0.336 e. The van der Waals surface area contributed by atoms with E-state index in [4.69, 9.17) is 9.15 Å². The molecule has 0 spiro atoms. The minimum atomic E-state index is -0.439. The standard InChI is InChI=1S/C27H27N3O5/c1-3-34-27(33)25-18(2)30(24(31)14-22(25)20-9-5-4-6-10-20)17-21-11-12-23(35-21)26(32)29-16-19-8-7-13-28-15-19/h4-13,15,22H,3,14,16-17H2,1-2H3,(H,29,32). The van der Waals surface area contributed by atoms with E-state index in [-0.39, 0.29) is 43.1 Å². The number of hydrogen-bond acceptors (Lipinski definition) is 6. The Bertz CT molecular complexity index is 1230. The summed E-state index contributed by atoms with van der Waals surface area (Å²) < 4.78 is 11.0. The number of ether oxygens (including phenoxy) is 1. The van der Waals surface area contributed by atoms with Crippen molar-refractivity contribution < 1.29 is 23.5 Å². The number of benzene rings is 1. The van der Waals surface area contributed by atoms with Gasteiger partial charge in [-0.1, -0.05) is 36.4 Å². The SMILES string of the molecule is CCOC(=O)C1=C(C)N(Cc2ccc(C(=O)NCc3cccnc3)o2)C(=O)CC1c1ccccc1. The maximum absolute atomic E-state index is 13.1. The molecule has 2 aromatic heterocycles. The van der Waals surface area contributed by atoms with Gasteiger partial charge in [0, 0.05) is 37.0 Å². The molecule has 0 saturated carbocycles. The second kappa shape index (κ2) is 10.8. The van der Waals surface area contributed by atoms with Gasteiger partial charge in [-0.25, -0.2) is 4.79 Å². The number of carbonyl (C=O) groups is 3. The van der Waals surface area contributed by atoms with Crippen LogP contribution >= 0.6 is 0 Å². The van der Waals surface area contributed by atoms with Crippen LogP contribution in [0.1, 0.15) is 53.6 Å². The summed E-state index contributed by atoms with van der Waals surface area (Å²) in [6.07, 6.45) is 3.47. The largest absolute Gasteiger partial charge is 0.463 e. The fourth-order valence-electron chi connectivity index (χ4n) is 4.16. The van der Waals surface area contributed by atoms with Crippen molar-refractivity contribution in [3.63, 3.8) is 0 Å². The molecule has 0 radical (unpaired) electrons. The van der Waals surface area contributed by atoms with Crippen molar-refractivity contribution in [2.75, 3.05) is 6.61 Å². The van der Waals surface area contributed by atoms with Gasteiger partial charge in [0.15, 0.2) is 5.76 Å². The molecule has 1 N–H and O–H groups in total. The van der Waals surface area contributed by atoms with Gasteiger partial charge in [0.25, 0.3) is 5.91 Å². The van der Waals surface area contributed by atoms with Crippen LogP contribution in [0.15, 0.2) is 82.7 Å². The van der Waals surface area contributed by atoms with E-state index in [1.165, 1.54) is 4.90 Å². The van der Waals surface area contributed by atoms with Gasteiger partial charge in [-0.05, 0) is 43.2 Å². The molecule has 0 saturated heterocycles. The van der Waals surface area contributed by atoms with Gasteiger partial charge in [-0.2, -0.15) is 0 Å². The van der Waals surface area contributed by atoms with Crippen molar-refractivity contribution in [3.05, 3.63) is 101 Å². The van der Waals surface area contributed by atoms with Crippen LogP contribution in [0.4, 0.5) is 0 Å². The number of nitrogens with one attached hydrogen (secondary N) is 1. The first kappa shape index (κ1) is 23.9. The van der Waals surface area contributed by atoms with Gasteiger partial charge in [0.1, 0.15) is 5.76 Å². The molecule has 0 aliphatic carbocycles. The van der Waals surface area contributed by atoms with Crippen LogP contribution in [0.2, 0.25) is 0 Å². The smallest absolute Gasteiger partial charge is 0.336 e. The molecule has 1 aliphatic heterocycles. The van der Waals surface area contributed by atoms with Crippen LogP contribution in [0.5, 0.6) is 0 Å². The maximum atomic E-state index is 13.1. The highest BCUT2D eigenvalue weighted by molar-refractivity contribution is 5.96. The number of allylic oxidation sites excluding steroid dienone is 1. The summed E-state index contributed by atoms with van der Waals surface area (Å²) in [4.78, 5) is 44.0. The van der Waals surface area contributed by atoms with E-state index < -0.39 is 5.97 Å². The highest BCUT2D eigenvalue weighted by atomic mass is 16.5. The number of esters is 1. The molecule has 8 heteroatoms. The van der Waals surface area contributed by atoms with Gasteiger partial charge < -0.3 is 19.4 Å². The number of amides is 2. The molecule has 8 nitrogen and oxygen atoms in total. The zero-order chi connectivity index (χ0) is 24.8. The molecule has 0 fully saturated rings. The number of pyridine rings is 1. The van der Waals surface area contributed by atoms with Gasteiger partial charge in [-0.3, -0.25) is 14.6 Å². The minimum Gasteiger partial charge on any atom is -0.463 e. The molecule has 0 bridgehead atoms. The molecule has 180 valence electrons. The van der Waals surface area contributed by atoms with Crippen LogP contribution in [0.3, 0.4) is 0 Å². The Morgan fingerprint density at radius 3 is 2.66 bits per heavy atom. The Kier molecular flexibility index (Phi) is 7.40. The molecule has 1 unspecified atom stereocenters. The predicted molar refractivity (Wildman–Crippen MR) is 128 cm³/mol. The summed E-state index contributed by atoms with van der Waals surface area (Å²) in [7, 11) is 0. The average Bonchev–Trinajstić information content (AvgIpc) is 3.35. The summed E-state index contributed by atoms with van der Waals surface area (Å²) in [6.45, 7) is 4.15. The molecule has 1 aromatic carbocycles. The number of aromatic nitrogens is 1. The fourth-order valence-corrected chi connectivity index (χ4v) is 4.16. The molecular formula is C27H27N3O5. The Hall–Kier alpha value is -4.20. The molecule has 1 aliphatic rings. The zero-order valence-electron chi connectivity index (χ0n) is 19.7. The topological polar surface area (TPSA) is 102 Å². The van der Waals surface area contributed by atoms with Crippen molar-refractivity contribution in [2.45, 2.75) is 39.3 Å². The fraction of sp³-hybridized carbons (Fsp3) is 0.259. The quantitative estimate of drug-likeness (QED) is 0.497. The van der Waals surface area contributed by atoms with Gasteiger partial charge >= 0.3 is 5.97 Å². The minimum absolute atomic E-state index is 0.102. The lowest BCUT2D eigenvalue weighted by Gasteiger charge is -2.34. The van der Waals surface area contributed by atoms with E-state index in [2.05, 4.69) is 10.3 Å². The number of furan rings is 1. The highest BCUT2D eigenvalue weighted by Crippen LogP contribution is 2.37. The van der Waals surface area contributed by atoms with Crippen molar-refractivity contribution in [2.24, 2.45) is 0 Å². The zero-order valence-corrected chi connectivity index (χ0v) is 19.7. The number of rotatable bonds is 8. The lowest BCUT2D eigenvalue weighted by atomic mass is 9.83. The lowest BCUT2D eigenvalue weighted by Crippen LogP contribution is -2.38. The first-order valence-corrected chi connectivity index (χ1v) is 11.5. The van der Waals surface area contributed by atoms with E-state index in [1.54, 1.807) is 44.4 Å². The van der Waals surface area contributed by atoms with E-state index in [9.17, 15) is 14.4 Å². The summed E-state index contributed by atoms with van der Waals surface area (Å²) >= 11 is 0. The number of carbonyl (C=O) groups excluding carboxylic acids is 3. The molecule has 1 atom stereocenters. The molecule has 3 heterocycles. The van der Waals surface area contributed by atoms with Crippen LogP contribution in [-0.2, 0) is 27.4 Å². The number of nitrogens with zero attached hydrogens (tertiary/aromatic N) is 2. The Morgan fingerprint density at radius 2 is 1.94 bits per heavy atom. The van der Waals surface area contributed by atoms with Crippen molar-refractivity contribution in [1.82, 2.24) is 15.2 Å². The molecule has 35 heavy (non-hydrogen) atoms. The van der Waals surface area contributed by atoms with Gasteiger partial charge in [0.2, 0.25) is 5.91 Å². The van der Waals surface area contributed by atoms with Gasteiger partial charge in [-0.15, -0.1) is 0 Å². The molecule has 3 aromatic rings. The molecule has 2 amide bonds. The second-order valence-corrected chi connectivity index (χ2v) is 8.18.